The van der Waals surface area contributed by atoms with Crippen LogP contribution in [0.4, 0.5) is 0 Å². The number of nitrogens with one attached hydrogen (secondary N) is 1. The minimum Gasteiger partial charge on any atom is -0.484 e. The monoisotopic (exact) mass is 431 g/mol. The maximum absolute atomic E-state index is 11.8. The molecule has 132 valence electrons. The summed E-state index contributed by atoms with van der Waals surface area (Å²) in [6.07, 6.45) is 1.46. The first kappa shape index (κ1) is 18.4. The van der Waals surface area contributed by atoms with Crippen LogP contribution in [0.25, 0.3) is 10.9 Å². The summed E-state index contributed by atoms with van der Waals surface area (Å²) >= 11 is 9.52. The number of hydrogen-bond acceptors (Lipinski definition) is 4. The molecule has 0 aliphatic heterocycles. The van der Waals surface area contributed by atoms with E-state index in [4.69, 9.17) is 16.3 Å². The Balaban J connectivity index is 1.60. The van der Waals surface area contributed by atoms with Gasteiger partial charge in [-0.2, -0.15) is 5.10 Å². The SMILES string of the molecule is Cc1ccc2cc(/C=N\NC(=O)COc3ccc(Br)cc3)c(Cl)nc2c1. The van der Waals surface area contributed by atoms with E-state index in [1.165, 1.54) is 6.21 Å². The zero-order chi connectivity index (χ0) is 18.5. The standard InChI is InChI=1S/C19H15BrClN3O2/c1-12-2-3-13-9-14(19(21)23-17(13)8-12)10-22-24-18(25)11-26-16-6-4-15(20)5-7-16/h2-10H,11H2,1H3,(H,24,25)/b22-10-. The smallest absolute Gasteiger partial charge is 0.277 e. The van der Waals surface area contributed by atoms with Gasteiger partial charge in [0.25, 0.3) is 5.91 Å². The van der Waals surface area contributed by atoms with Crippen LogP contribution in [0, 0.1) is 6.92 Å². The molecule has 2 aromatic carbocycles. The predicted octanol–water partition coefficient (Wildman–Crippen LogP) is 4.49. The average molecular weight is 433 g/mol. The molecule has 1 amide bonds. The Bertz CT molecular complexity index is 974. The van der Waals surface area contributed by atoms with E-state index in [1.807, 2.05) is 43.3 Å². The van der Waals surface area contributed by atoms with Gasteiger partial charge in [-0.15, -0.1) is 0 Å². The van der Waals surface area contributed by atoms with E-state index in [2.05, 4.69) is 31.4 Å². The van der Waals surface area contributed by atoms with Crippen molar-refractivity contribution in [1.29, 1.82) is 0 Å². The zero-order valence-corrected chi connectivity index (χ0v) is 16.2. The Morgan fingerprint density at radius 1 is 1.27 bits per heavy atom. The highest BCUT2D eigenvalue weighted by molar-refractivity contribution is 9.10. The summed E-state index contributed by atoms with van der Waals surface area (Å²) in [4.78, 5) is 16.2. The molecular formula is C19H15BrClN3O2. The average Bonchev–Trinajstić information content (AvgIpc) is 2.62. The van der Waals surface area contributed by atoms with Crippen LogP contribution in [0.2, 0.25) is 5.15 Å². The largest absolute Gasteiger partial charge is 0.484 e. The quantitative estimate of drug-likeness (QED) is 0.367. The minimum atomic E-state index is -0.371. The highest BCUT2D eigenvalue weighted by Gasteiger charge is 2.05. The lowest BCUT2D eigenvalue weighted by Gasteiger charge is -2.05. The van der Waals surface area contributed by atoms with E-state index in [1.54, 1.807) is 12.1 Å². The number of aryl methyl sites for hydroxylation is 1. The normalized spacial score (nSPS) is 11.0. The van der Waals surface area contributed by atoms with Crippen LogP contribution in [0.15, 0.2) is 58.1 Å². The van der Waals surface area contributed by atoms with Crippen LogP contribution in [0.3, 0.4) is 0 Å². The van der Waals surface area contributed by atoms with Gasteiger partial charge in [-0.05, 0) is 48.9 Å². The second-order valence-corrected chi connectivity index (χ2v) is 6.87. The second kappa shape index (κ2) is 8.29. The number of fused-ring (bicyclic) bond motifs is 1. The molecule has 3 rings (SSSR count). The number of benzene rings is 2. The lowest BCUT2D eigenvalue weighted by Crippen LogP contribution is -2.24. The van der Waals surface area contributed by atoms with Crippen molar-refractivity contribution in [1.82, 2.24) is 10.4 Å². The molecule has 1 heterocycles. The summed E-state index contributed by atoms with van der Waals surface area (Å²) < 4.78 is 6.31. The fraction of sp³-hybridized carbons (Fsp3) is 0.105. The van der Waals surface area contributed by atoms with Crippen molar-refractivity contribution in [3.05, 3.63) is 69.3 Å². The third-order valence-electron chi connectivity index (χ3n) is 3.53. The van der Waals surface area contributed by atoms with E-state index in [-0.39, 0.29) is 12.5 Å². The molecule has 0 saturated carbocycles. The molecule has 0 fully saturated rings. The summed E-state index contributed by atoms with van der Waals surface area (Å²) in [5.41, 5.74) is 4.96. The Labute approximate surface area is 164 Å². The number of ether oxygens (including phenoxy) is 1. The van der Waals surface area contributed by atoms with E-state index < -0.39 is 0 Å². The number of carbonyl (C=O) groups excluding carboxylic acids is 1. The highest BCUT2D eigenvalue weighted by Crippen LogP contribution is 2.20. The molecule has 0 bridgehead atoms. The van der Waals surface area contributed by atoms with Crippen molar-refractivity contribution in [2.75, 3.05) is 6.61 Å². The molecule has 1 N–H and O–H groups in total. The molecule has 0 unspecified atom stereocenters. The minimum absolute atomic E-state index is 0.137. The number of rotatable bonds is 5. The van der Waals surface area contributed by atoms with Gasteiger partial charge in [-0.3, -0.25) is 4.79 Å². The van der Waals surface area contributed by atoms with E-state index in [9.17, 15) is 4.79 Å². The predicted molar refractivity (Wildman–Crippen MR) is 107 cm³/mol. The van der Waals surface area contributed by atoms with Gasteiger partial charge >= 0.3 is 0 Å². The van der Waals surface area contributed by atoms with Gasteiger partial charge in [0, 0.05) is 15.4 Å². The van der Waals surface area contributed by atoms with Crippen LogP contribution < -0.4 is 10.2 Å². The number of hydrazone groups is 1. The third kappa shape index (κ3) is 4.80. The molecule has 7 heteroatoms. The number of pyridine rings is 1. The van der Waals surface area contributed by atoms with Crippen LogP contribution in [-0.2, 0) is 4.79 Å². The highest BCUT2D eigenvalue weighted by atomic mass is 79.9. The third-order valence-corrected chi connectivity index (χ3v) is 4.36. The van der Waals surface area contributed by atoms with Crippen molar-refractivity contribution in [2.45, 2.75) is 6.92 Å². The number of amides is 1. The summed E-state index contributed by atoms with van der Waals surface area (Å²) in [6.45, 7) is 1.86. The van der Waals surface area contributed by atoms with E-state index in [0.29, 0.717) is 16.5 Å². The van der Waals surface area contributed by atoms with Crippen LogP contribution >= 0.6 is 27.5 Å². The molecule has 0 saturated heterocycles. The Hall–Kier alpha value is -2.44. The summed E-state index contributed by atoms with van der Waals surface area (Å²) in [7, 11) is 0. The Morgan fingerprint density at radius 3 is 2.81 bits per heavy atom. The van der Waals surface area contributed by atoms with Crippen LogP contribution in [0.1, 0.15) is 11.1 Å². The Morgan fingerprint density at radius 2 is 2.04 bits per heavy atom. The molecule has 0 spiro atoms. The molecular weight excluding hydrogens is 418 g/mol. The first-order valence-corrected chi connectivity index (χ1v) is 8.95. The van der Waals surface area contributed by atoms with Gasteiger partial charge in [0.15, 0.2) is 6.61 Å². The van der Waals surface area contributed by atoms with Gasteiger partial charge < -0.3 is 4.74 Å². The lowest BCUT2D eigenvalue weighted by atomic mass is 10.1. The second-order valence-electron chi connectivity index (χ2n) is 5.60. The van der Waals surface area contributed by atoms with Crippen molar-refractivity contribution in [2.24, 2.45) is 5.10 Å². The van der Waals surface area contributed by atoms with Gasteiger partial charge in [0.1, 0.15) is 10.9 Å². The zero-order valence-electron chi connectivity index (χ0n) is 13.9. The number of nitrogens with zero attached hydrogens (tertiary/aromatic N) is 2. The topological polar surface area (TPSA) is 63.6 Å². The van der Waals surface area contributed by atoms with Gasteiger partial charge in [-0.25, -0.2) is 10.4 Å². The fourth-order valence-corrected chi connectivity index (χ4v) is 2.71. The van der Waals surface area contributed by atoms with Crippen LogP contribution in [-0.4, -0.2) is 23.7 Å². The summed E-state index contributed by atoms with van der Waals surface area (Å²) in [5, 5.41) is 5.19. The number of carbonyl (C=O) groups is 1. The number of aromatic nitrogens is 1. The van der Waals surface area contributed by atoms with E-state index in [0.717, 1.165) is 20.9 Å². The first-order chi connectivity index (χ1) is 12.5. The summed E-state index contributed by atoms with van der Waals surface area (Å²) in [5.74, 6) is 0.231. The molecule has 0 atom stereocenters. The first-order valence-electron chi connectivity index (χ1n) is 7.78. The molecule has 5 nitrogen and oxygen atoms in total. The van der Waals surface area contributed by atoms with Gasteiger partial charge in [0.05, 0.1) is 11.7 Å². The van der Waals surface area contributed by atoms with Crippen molar-refractivity contribution in [3.8, 4) is 5.75 Å². The van der Waals surface area contributed by atoms with Crippen molar-refractivity contribution < 1.29 is 9.53 Å². The molecule has 1 aromatic heterocycles. The molecule has 0 aliphatic carbocycles. The Kier molecular flexibility index (Phi) is 5.85. The van der Waals surface area contributed by atoms with E-state index >= 15 is 0 Å². The van der Waals surface area contributed by atoms with Crippen LogP contribution in [0.5, 0.6) is 5.75 Å². The fourth-order valence-electron chi connectivity index (χ4n) is 2.25. The maximum atomic E-state index is 11.8. The summed E-state index contributed by atoms with van der Waals surface area (Å²) in [6, 6.07) is 15.0. The van der Waals surface area contributed by atoms with Gasteiger partial charge in [-0.1, -0.05) is 39.7 Å². The van der Waals surface area contributed by atoms with Crippen molar-refractivity contribution >= 4 is 50.6 Å². The van der Waals surface area contributed by atoms with Crippen molar-refractivity contribution in [3.63, 3.8) is 0 Å². The molecule has 0 aliphatic rings. The maximum Gasteiger partial charge on any atom is 0.277 e. The number of hydrogen-bond donors (Lipinski definition) is 1. The molecule has 26 heavy (non-hydrogen) atoms. The lowest BCUT2D eigenvalue weighted by molar-refractivity contribution is -0.123. The van der Waals surface area contributed by atoms with Gasteiger partial charge in [0.2, 0.25) is 0 Å². The number of halogens is 2. The molecule has 3 aromatic rings. The molecule has 0 radical (unpaired) electrons.